The van der Waals surface area contributed by atoms with Gasteiger partial charge in [-0.1, -0.05) is 44.2 Å². The van der Waals surface area contributed by atoms with Crippen molar-refractivity contribution in [1.82, 2.24) is 56.2 Å². The Balaban J connectivity index is 1.11. The standard InChI is InChI=1S/C54H54N12O10S6/c1-25(2)29-17-35(67)42-26(3)81-53(65-42)31(18-39(69)55-4)58-47(74)33-22-77-49(60-33)28-15-16-30(51-63-37(24-80-51)62-38(68)13-9-10-14-41(71)72)57-43(28)32-21-78-52(59-32)34-23-79-54(61-34)45(46(73)27-11-7-6-8-12-27)64-40(70)19-56-48(75)44-36(20-76-5)82-50(29)66-44/h6-8,11-12,15-16,21-25,29,31,45-46,73H,9-10,13-14,17-20H2,1-5H3,(H,55,69)(H,56,75)(H,58,74)(H,62,68)(H,64,70)(H,71,72)/t29-,31+,45+,46+/m1/s1. The largest absolute Gasteiger partial charge is 0.481 e. The number of anilines is 1. The highest BCUT2D eigenvalue weighted by molar-refractivity contribution is 7.15. The maximum atomic E-state index is 14.3. The number of carboxylic acids is 1. The first-order valence-electron chi connectivity index (χ1n) is 25.6. The lowest BCUT2D eigenvalue weighted by atomic mass is 9.90. The molecule has 1 aliphatic rings. The van der Waals surface area contributed by atoms with Crippen molar-refractivity contribution in [3.63, 3.8) is 0 Å². The van der Waals surface area contributed by atoms with E-state index in [2.05, 4.69) is 31.6 Å². The first kappa shape index (κ1) is 59.2. The van der Waals surface area contributed by atoms with Crippen LogP contribution < -0.4 is 26.6 Å². The number of aliphatic hydroxyl groups excluding tert-OH is 1. The van der Waals surface area contributed by atoms with Crippen LogP contribution in [0.3, 0.4) is 0 Å². The van der Waals surface area contributed by atoms with Crippen LogP contribution in [0, 0.1) is 12.8 Å². The van der Waals surface area contributed by atoms with Crippen molar-refractivity contribution in [2.45, 2.75) is 90.0 Å². The number of thiazole rings is 6. The van der Waals surface area contributed by atoms with Gasteiger partial charge in [0, 0.05) is 71.3 Å². The van der Waals surface area contributed by atoms with Crippen LogP contribution in [0.5, 0.6) is 0 Å². The summed E-state index contributed by atoms with van der Waals surface area (Å²) in [6.07, 6.45) is -0.680. The van der Waals surface area contributed by atoms with Gasteiger partial charge in [-0.25, -0.2) is 34.9 Å². The third-order valence-corrected chi connectivity index (χ3v) is 18.7. The van der Waals surface area contributed by atoms with E-state index in [9.17, 15) is 38.7 Å². The summed E-state index contributed by atoms with van der Waals surface area (Å²) < 4.78 is 5.46. The van der Waals surface area contributed by atoms with Crippen molar-refractivity contribution in [3.8, 4) is 43.4 Å². The summed E-state index contributed by atoms with van der Waals surface area (Å²) in [6.45, 7) is 5.16. The first-order chi connectivity index (χ1) is 39.5. The van der Waals surface area contributed by atoms with Crippen molar-refractivity contribution in [1.29, 1.82) is 0 Å². The fourth-order valence-corrected chi connectivity index (χ4v) is 14.2. The Morgan fingerprint density at radius 3 is 2.18 bits per heavy atom. The van der Waals surface area contributed by atoms with Crippen LogP contribution in [-0.4, -0.2) is 107 Å². The van der Waals surface area contributed by atoms with Gasteiger partial charge in [0.05, 0.1) is 41.2 Å². The smallest absolute Gasteiger partial charge is 0.303 e. The van der Waals surface area contributed by atoms with Crippen molar-refractivity contribution in [2.24, 2.45) is 5.92 Å². The molecule has 0 spiro atoms. The van der Waals surface area contributed by atoms with Gasteiger partial charge in [-0.05, 0) is 43.4 Å². The van der Waals surface area contributed by atoms with E-state index in [1.165, 1.54) is 82.2 Å². The van der Waals surface area contributed by atoms with E-state index in [1.54, 1.807) is 70.9 Å². The van der Waals surface area contributed by atoms with Gasteiger partial charge in [-0.3, -0.25) is 33.6 Å². The summed E-state index contributed by atoms with van der Waals surface area (Å²) >= 11 is 7.28. The number of aliphatic hydroxyl groups is 1. The number of nitrogens with zero attached hydrogens (tertiary/aromatic N) is 7. The number of benzene rings is 1. The number of methoxy groups -OCH3 is 1. The molecule has 0 fully saturated rings. The first-order valence-corrected chi connectivity index (χ1v) is 30.8. The van der Waals surface area contributed by atoms with E-state index in [0.717, 1.165) is 0 Å². The van der Waals surface area contributed by atoms with Crippen LogP contribution in [0.2, 0.25) is 0 Å². The minimum Gasteiger partial charge on any atom is -0.481 e. The molecule has 1 aliphatic heterocycles. The van der Waals surface area contributed by atoms with Crippen LogP contribution in [0.4, 0.5) is 5.82 Å². The SMILES string of the molecule is CNC(=O)C[C@@H]1NC(=O)c2csc(n2)-c2ccc(-c3nc(NC(=O)CCCCC(=O)O)cs3)nc2-c2csc(n2)-c2csc(n2)[C@H]([C@@H](O)c2ccccc2)NC(=O)CNC(=O)c2nc(sc2COC)[C@@H](C(C)C)CC(=O)c2nc1sc2C. The average Bonchev–Trinajstić information content (AvgIpc) is 4.45. The minimum atomic E-state index is -1.27. The molecule has 5 amide bonds. The molecule has 0 radical (unpaired) electrons. The van der Waals surface area contributed by atoms with Crippen molar-refractivity contribution in [2.75, 3.05) is 26.0 Å². The Morgan fingerprint density at radius 1 is 0.720 bits per heavy atom. The number of aliphatic carboxylic acids is 1. The van der Waals surface area contributed by atoms with E-state index >= 15 is 0 Å². The molecule has 426 valence electrons. The molecule has 4 atom stereocenters. The zero-order valence-corrected chi connectivity index (χ0v) is 49.5. The van der Waals surface area contributed by atoms with Crippen LogP contribution in [0.1, 0.15) is 138 Å². The fourth-order valence-electron chi connectivity index (χ4n) is 8.66. The molecule has 28 heteroatoms. The molecule has 7 N–H and O–H groups in total. The molecule has 8 heterocycles. The topological polar surface area (TPSA) is 320 Å². The number of hydrogen-bond donors (Lipinski definition) is 7. The quantitative estimate of drug-likeness (QED) is 0.0500. The number of Topliss-reactive ketones (excluding diaryl/α,β-unsaturated/α-hetero) is 1. The number of rotatable bonds is 14. The number of nitrogens with one attached hydrogen (secondary N) is 5. The summed E-state index contributed by atoms with van der Waals surface area (Å²) in [5.41, 5.74) is 2.87. The zero-order chi connectivity index (χ0) is 58.2. The van der Waals surface area contributed by atoms with Crippen LogP contribution in [-0.2, 0) is 30.5 Å². The monoisotopic (exact) mass is 1220 g/mol. The highest BCUT2D eigenvalue weighted by Gasteiger charge is 2.33. The Morgan fingerprint density at radius 2 is 1.43 bits per heavy atom. The van der Waals surface area contributed by atoms with Gasteiger partial charge < -0.3 is 41.5 Å². The number of aryl methyl sites for hydroxylation is 1. The lowest BCUT2D eigenvalue weighted by molar-refractivity contribution is -0.137. The van der Waals surface area contributed by atoms with Gasteiger partial charge >= 0.3 is 5.97 Å². The van der Waals surface area contributed by atoms with Gasteiger partial charge in [0.15, 0.2) is 5.78 Å². The zero-order valence-electron chi connectivity index (χ0n) is 44.6. The predicted molar refractivity (Wildman–Crippen MR) is 313 cm³/mol. The number of aromatic nitrogens is 7. The Kier molecular flexibility index (Phi) is 19.2. The minimum absolute atomic E-state index is 0.0279. The van der Waals surface area contributed by atoms with E-state index in [4.69, 9.17) is 39.7 Å². The lowest BCUT2D eigenvalue weighted by Gasteiger charge is -2.23. The van der Waals surface area contributed by atoms with Gasteiger partial charge in [-0.15, -0.1) is 68.0 Å². The second-order valence-corrected chi connectivity index (χ2v) is 24.9. The van der Waals surface area contributed by atoms with Gasteiger partial charge in [0.2, 0.25) is 17.7 Å². The highest BCUT2D eigenvalue weighted by atomic mass is 32.1. The molecule has 10 bridgehead atoms. The molecule has 22 nitrogen and oxygen atoms in total. The number of pyridine rings is 1. The van der Waals surface area contributed by atoms with E-state index in [-0.39, 0.29) is 72.9 Å². The molecule has 7 aromatic heterocycles. The highest BCUT2D eigenvalue weighted by Crippen LogP contribution is 2.41. The molecule has 82 heavy (non-hydrogen) atoms. The number of unbranched alkanes of at least 4 members (excludes halogenated alkanes) is 1. The van der Waals surface area contributed by atoms with E-state index in [0.29, 0.717) is 92.4 Å². The molecule has 0 saturated carbocycles. The van der Waals surface area contributed by atoms with Crippen LogP contribution in [0.25, 0.3) is 43.4 Å². The molecular weight excluding hydrogens is 1170 g/mol. The summed E-state index contributed by atoms with van der Waals surface area (Å²) in [5.74, 6) is -4.14. The summed E-state index contributed by atoms with van der Waals surface area (Å²) in [6, 6.07) is 10.2. The number of carboxylic acid groups (broad SMARTS) is 1. The number of ketones is 1. The van der Waals surface area contributed by atoms with Crippen molar-refractivity contribution in [3.05, 3.63) is 111 Å². The molecule has 0 aliphatic carbocycles. The number of carbonyl (C=O) groups is 7. The number of carbonyl (C=O) groups excluding carboxylic acids is 6. The summed E-state index contributed by atoms with van der Waals surface area (Å²) in [5, 5.41) is 44.0. The Bertz CT molecular complexity index is 3660. The number of hydrogen-bond acceptors (Lipinski definition) is 22. The fraction of sp³-hybridized carbons (Fsp3) is 0.333. The maximum absolute atomic E-state index is 14.3. The molecule has 0 saturated heterocycles. The third kappa shape index (κ3) is 14.1. The summed E-state index contributed by atoms with van der Waals surface area (Å²) in [7, 11) is 2.96. The van der Waals surface area contributed by atoms with Crippen molar-refractivity contribution < 1.29 is 48.5 Å². The van der Waals surface area contributed by atoms with Gasteiger partial charge in [-0.2, -0.15) is 0 Å². The van der Waals surface area contributed by atoms with Gasteiger partial charge in [0.1, 0.15) is 77.2 Å². The molecule has 8 aromatic rings. The second-order valence-electron chi connectivity index (χ2n) is 19.1. The lowest BCUT2D eigenvalue weighted by Crippen LogP contribution is -2.40. The molecular formula is C54H54N12O10S6. The van der Waals surface area contributed by atoms with Gasteiger partial charge in [0.25, 0.3) is 11.8 Å². The number of ether oxygens (including phenoxy) is 1. The Labute approximate surface area is 493 Å². The van der Waals surface area contributed by atoms with E-state index < -0.39 is 54.3 Å². The second kappa shape index (κ2) is 26.6. The molecule has 1 aromatic carbocycles. The number of fused-ring (bicyclic) bond motifs is 14. The third-order valence-electron chi connectivity index (χ3n) is 12.9. The van der Waals surface area contributed by atoms with Crippen LogP contribution in [0.15, 0.2) is 64.0 Å². The normalized spacial score (nSPS) is 16.5. The molecule has 9 rings (SSSR count). The number of amides is 5. The molecule has 0 unspecified atom stereocenters. The van der Waals surface area contributed by atoms with E-state index in [1.807, 2.05) is 13.8 Å². The van der Waals surface area contributed by atoms with Crippen LogP contribution >= 0.6 is 68.0 Å². The summed E-state index contributed by atoms with van der Waals surface area (Å²) in [4.78, 5) is 128. The Hall–Kier alpha value is -7.44. The maximum Gasteiger partial charge on any atom is 0.303 e. The van der Waals surface area contributed by atoms with Crippen molar-refractivity contribution >= 4 is 115 Å². The predicted octanol–water partition coefficient (Wildman–Crippen LogP) is 8.78. The average molecular weight is 1220 g/mol.